The number of methoxy groups -OCH3 is 1. The van der Waals surface area contributed by atoms with E-state index in [0.717, 1.165) is 49.3 Å². The second-order valence-electron chi connectivity index (χ2n) is 7.63. The van der Waals surface area contributed by atoms with Gasteiger partial charge in [-0.25, -0.2) is 4.98 Å². The van der Waals surface area contributed by atoms with Gasteiger partial charge in [0.1, 0.15) is 11.6 Å². The van der Waals surface area contributed by atoms with Crippen molar-refractivity contribution in [3.05, 3.63) is 78.4 Å². The Hall–Kier alpha value is -2.75. The molecular formula is C24H31IN6O. The number of nitrogens with zero attached hydrogens (tertiary/aromatic N) is 4. The van der Waals surface area contributed by atoms with Gasteiger partial charge in [0.25, 0.3) is 0 Å². The number of aliphatic imine (C=N–C) groups is 1. The molecule has 8 heteroatoms. The third kappa shape index (κ3) is 5.93. The van der Waals surface area contributed by atoms with E-state index in [2.05, 4.69) is 66.5 Å². The minimum atomic E-state index is 0. The number of para-hydroxylation sites is 2. The largest absolute Gasteiger partial charge is 0.495 e. The molecule has 2 aromatic carbocycles. The van der Waals surface area contributed by atoms with E-state index in [-0.39, 0.29) is 24.0 Å². The summed E-state index contributed by atoms with van der Waals surface area (Å²) in [6, 6.07) is 18.9. The molecule has 0 saturated carbocycles. The maximum absolute atomic E-state index is 5.52. The van der Waals surface area contributed by atoms with Crippen LogP contribution in [0.4, 0.5) is 5.69 Å². The summed E-state index contributed by atoms with van der Waals surface area (Å²) in [5, 5.41) is 6.97. The van der Waals surface area contributed by atoms with Crippen molar-refractivity contribution in [2.75, 3.05) is 32.1 Å². The van der Waals surface area contributed by atoms with E-state index in [0.29, 0.717) is 12.6 Å². The Morgan fingerprint density at radius 1 is 1.16 bits per heavy atom. The van der Waals surface area contributed by atoms with Crippen LogP contribution in [-0.4, -0.2) is 48.8 Å². The molecule has 0 amide bonds. The first-order valence-corrected chi connectivity index (χ1v) is 10.7. The zero-order valence-corrected chi connectivity index (χ0v) is 20.9. The molecule has 1 aromatic heterocycles. The topological polar surface area (TPSA) is 66.7 Å². The molecule has 2 heterocycles. The average molecular weight is 546 g/mol. The highest BCUT2D eigenvalue weighted by molar-refractivity contribution is 14.0. The molecule has 0 radical (unpaired) electrons. The lowest BCUT2D eigenvalue weighted by atomic mass is 10.2. The summed E-state index contributed by atoms with van der Waals surface area (Å²) >= 11 is 0. The highest BCUT2D eigenvalue weighted by Crippen LogP contribution is 2.30. The van der Waals surface area contributed by atoms with Crippen molar-refractivity contribution in [1.29, 1.82) is 0 Å². The molecule has 1 fully saturated rings. The number of rotatable bonds is 7. The Morgan fingerprint density at radius 2 is 1.94 bits per heavy atom. The van der Waals surface area contributed by atoms with Crippen molar-refractivity contribution in [3.8, 4) is 5.75 Å². The predicted octanol–water partition coefficient (Wildman–Crippen LogP) is 3.50. The Balaban J connectivity index is 0.00000289. The highest BCUT2D eigenvalue weighted by atomic mass is 127. The van der Waals surface area contributed by atoms with Crippen LogP contribution < -0.4 is 20.3 Å². The van der Waals surface area contributed by atoms with Gasteiger partial charge in [0.15, 0.2) is 5.96 Å². The summed E-state index contributed by atoms with van der Waals surface area (Å²) in [5.41, 5.74) is 2.40. The van der Waals surface area contributed by atoms with Gasteiger partial charge in [-0.15, -0.1) is 24.0 Å². The second-order valence-corrected chi connectivity index (χ2v) is 7.63. The maximum atomic E-state index is 5.52. The number of hydrogen-bond donors (Lipinski definition) is 2. The number of ether oxygens (including phenoxy) is 1. The van der Waals surface area contributed by atoms with Crippen molar-refractivity contribution in [3.63, 3.8) is 0 Å². The Bertz CT molecular complexity index is 1010. The monoisotopic (exact) mass is 546 g/mol. The predicted molar refractivity (Wildman–Crippen MR) is 140 cm³/mol. The summed E-state index contributed by atoms with van der Waals surface area (Å²) in [6.07, 6.45) is 4.90. The van der Waals surface area contributed by atoms with Gasteiger partial charge in [0.2, 0.25) is 0 Å². The van der Waals surface area contributed by atoms with Gasteiger partial charge >= 0.3 is 0 Å². The Morgan fingerprint density at radius 3 is 2.72 bits per heavy atom. The Kier molecular flexibility index (Phi) is 8.78. The zero-order chi connectivity index (χ0) is 21.5. The van der Waals surface area contributed by atoms with Gasteiger partial charge in [0, 0.05) is 45.1 Å². The van der Waals surface area contributed by atoms with E-state index >= 15 is 0 Å². The smallest absolute Gasteiger partial charge is 0.191 e. The van der Waals surface area contributed by atoms with E-state index < -0.39 is 0 Å². The van der Waals surface area contributed by atoms with Crippen LogP contribution in [0.5, 0.6) is 5.75 Å². The molecular weight excluding hydrogens is 515 g/mol. The van der Waals surface area contributed by atoms with Crippen LogP contribution in [0.2, 0.25) is 0 Å². The van der Waals surface area contributed by atoms with Crippen molar-refractivity contribution >= 4 is 35.6 Å². The zero-order valence-electron chi connectivity index (χ0n) is 18.6. The summed E-state index contributed by atoms with van der Waals surface area (Å²) < 4.78 is 7.68. The number of aromatic nitrogens is 2. The molecule has 7 nitrogen and oxygen atoms in total. The fourth-order valence-electron chi connectivity index (χ4n) is 3.97. The van der Waals surface area contributed by atoms with Gasteiger partial charge in [-0.1, -0.05) is 42.5 Å². The molecule has 0 spiro atoms. The van der Waals surface area contributed by atoms with Gasteiger partial charge in [-0.3, -0.25) is 4.99 Å². The van der Waals surface area contributed by atoms with Crippen LogP contribution in [0.25, 0.3) is 0 Å². The van der Waals surface area contributed by atoms with Gasteiger partial charge < -0.3 is 24.8 Å². The van der Waals surface area contributed by atoms with Gasteiger partial charge in [0.05, 0.1) is 19.3 Å². The summed E-state index contributed by atoms with van der Waals surface area (Å²) in [5.74, 6) is 2.69. The van der Waals surface area contributed by atoms with Crippen LogP contribution >= 0.6 is 24.0 Å². The summed E-state index contributed by atoms with van der Waals surface area (Å²) in [4.78, 5) is 11.3. The number of anilines is 1. The number of halogens is 1. The molecule has 1 aliphatic heterocycles. The SMILES string of the molecule is CN=C(NCc1nccn1Cc1ccccc1)NC1CCN(c2ccccc2OC)C1.I. The molecule has 1 saturated heterocycles. The molecule has 32 heavy (non-hydrogen) atoms. The number of benzene rings is 2. The molecule has 0 bridgehead atoms. The van der Waals surface area contributed by atoms with Gasteiger partial charge in [-0.05, 0) is 24.1 Å². The third-order valence-electron chi connectivity index (χ3n) is 5.59. The normalized spacial score (nSPS) is 15.9. The molecule has 3 aromatic rings. The first-order chi connectivity index (χ1) is 15.3. The number of nitrogens with one attached hydrogen (secondary N) is 2. The van der Waals surface area contributed by atoms with Crippen LogP contribution in [0.15, 0.2) is 72.0 Å². The highest BCUT2D eigenvalue weighted by Gasteiger charge is 2.25. The van der Waals surface area contributed by atoms with Crippen molar-refractivity contribution in [2.24, 2.45) is 4.99 Å². The first-order valence-electron chi connectivity index (χ1n) is 10.7. The molecule has 0 aliphatic carbocycles. The average Bonchev–Trinajstić information content (AvgIpc) is 3.46. The molecule has 1 atom stereocenters. The first kappa shape index (κ1) is 23.9. The molecule has 2 N–H and O–H groups in total. The van der Waals surface area contributed by atoms with Crippen molar-refractivity contribution in [2.45, 2.75) is 25.6 Å². The lowest BCUT2D eigenvalue weighted by Gasteiger charge is -2.22. The van der Waals surface area contributed by atoms with Crippen LogP contribution in [0.3, 0.4) is 0 Å². The number of hydrogen-bond acceptors (Lipinski definition) is 4. The van der Waals surface area contributed by atoms with Crippen molar-refractivity contribution in [1.82, 2.24) is 20.2 Å². The van der Waals surface area contributed by atoms with E-state index in [4.69, 9.17) is 4.74 Å². The van der Waals surface area contributed by atoms with Crippen LogP contribution in [0, 0.1) is 0 Å². The van der Waals surface area contributed by atoms with E-state index in [9.17, 15) is 0 Å². The van der Waals surface area contributed by atoms with E-state index in [1.807, 2.05) is 30.6 Å². The fraction of sp³-hybridized carbons (Fsp3) is 0.333. The molecule has 1 aliphatic rings. The van der Waals surface area contributed by atoms with E-state index in [1.54, 1.807) is 14.2 Å². The third-order valence-corrected chi connectivity index (χ3v) is 5.59. The molecule has 1 unspecified atom stereocenters. The molecule has 4 rings (SSSR count). The van der Waals surface area contributed by atoms with Crippen molar-refractivity contribution < 1.29 is 4.74 Å². The number of imidazole rings is 1. The standard InChI is InChI=1S/C24H30N6O.HI/c1-25-24(27-16-23-26-13-15-30(23)17-19-8-4-3-5-9-19)28-20-12-14-29(18-20)21-10-6-7-11-22(21)31-2;/h3-11,13,15,20H,12,14,16-18H2,1-2H3,(H2,25,27,28);1H. The second kappa shape index (κ2) is 11.8. The maximum Gasteiger partial charge on any atom is 0.191 e. The van der Waals surface area contributed by atoms with Crippen LogP contribution in [-0.2, 0) is 13.1 Å². The fourth-order valence-corrected chi connectivity index (χ4v) is 3.97. The lowest BCUT2D eigenvalue weighted by Crippen LogP contribution is -2.44. The summed E-state index contributed by atoms with van der Waals surface area (Å²) in [6.45, 7) is 3.31. The van der Waals surface area contributed by atoms with Crippen LogP contribution in [0.1, 0.15) is 17.8 Å². The minimum absolute atomic E-state index is 0. The Labute approximate surface area is 206 Å². The number of guanidine groups is 1. The van der Waals surface area contributed by atoms with Gasteiger partial charge in [-0.2, -0.15) is 0 Å². The quantitative estimate of drug-likeness (QED) is 0.270. The molecule has 170 valence electrons. The summed E-state index contributed by atoms with van der Waals surface area (Å²) in [7, 11) is 3.52. The van der Waals surface area contributed by atoms with E-state index in [1.165, 1.54) is 5.56 Å². The minimum Gasteiger partial charge on any atom is -0.495 e. The lowest BCUT2D eigenvalue weighted by molar-refractivity contribution is 0.415.